The number of nitrogens with two attached hydrogens (primary N) is 1. The van der Waals surface area contributed by atoms with Crippen LogP contribution in [0.1, 0.15) is 24.2 Å². The minimum atomic E-state index is -0.991. The number of rotatable bonds is 4. The summed E-state index contributed by atoms with van der Waals surface area (Å²) in [5, 5.41) is 8.78. The molecule has 3 N–H and O–H groups in total. The van der Waals surface area contributed by atoms with Crippen LogP contribution in [-0.4, -0.2) is 30.1 Å². The third-order valence-electron chi connectivity index (χ3n) is 2.84. The lowest BCUT2D eigenvalue weighted by atomic mass is 10.0. The molecule has 1 aromatic rings. The molecule has 5 nitrogen and oxygen atoms in total. The Morgan fingerprint density at radius 2 is 1.72 bits per heavy atom. The number of benzene rings is 1. The molecule has 0 fully saturated rings. The molecule has 0 radical (unpaired) electrons. The van der Waals surface area contributed by atoms with E-state index in [4.69, 9.17) is 10.8 Å². The number of hydrogen-bond acceptors (Lipinski definition) is 3. The first-order valence-electron chi connectivity index (χ1n) is 5.71. The smallest absolute Gasteiger partial charge is 0.335 e. The highest BCUT2D eigenvalue weighted by Gasteiger charge is 2.22. The molecule has 0 aliphatic rings. The number of carbonyl (C=O) groups is 2. The molecular weight excluding hydrogens is 232 g/mol. The first-order chi connectivity index (χ1) is 8.34. The van der Waals surface area contributed by atoms with E-state index in [2.05, 4.69) is 0 Å². The second-order valence-electron chi connectivity index (χ2n) is 4.52. The van der Waals surface area contributed by atoms with Gasteiger partial charge in [-0.2, -0.15) is 0 Å². The summed E-state index contributed by atoms with van der Waals surface area (Å²) in [7, 11) is 1.63. The molecule has 0 aliphatic carbocycles. The molecule has 0 spiro atoms. The van der Waals surface area contributed by atoms with Gasteiger partial charge in [0.05, 0.1) is 11.6 Å². The standard InChI is InChI=1S/C13H18N2O3/c1-8(2)11(14)12(16)15(3)10-6-4-9(5-7-10)13(17)18/h4-8,11H,14H2,1-3H3,(H,17,18). The minimum Gasteiger partial charge on any atom is -0.478 e. The van der Waals surface area contributed by atoms with Gasteiger partial charge in [0.2, 0.25) is 5.91 Å². The Morgan fingerprint density at radius 1 is 1.22 bits per heavy atom. The van der Waals surface area contributed by atoms with Crippen LogP contribution in [0.25, 0.3) is 0 Å². The highest BCUT2D eigenvalue weighted by molar-refractivity contribution is 5.97. The fraction of sp³-hybridized carbons (Fsp3) is 0.385. The number of hydrogen-bond donors (Lipinski definition) is 2. The second-order valence-corrected chi connectivity index (χ2v) is 4.52. The van der Waals surface area contributed by atoms with Crippen LogP contribution in [0.15, 0.2) is 24.3 Å². The molecule has 0 aromatic heterocycles. The van der Waals surface area contributed by atoms with Gasteiger partial charge >= 0.3 is 5.97 Å². The Bertz CT molecular complexity index is 440. The number of nitrogens with zero attached hydrogens (tertiary/aromatic N) is 1. The Morgan fingerprint density at radius 3 is 2.11 bits per heavy atom. The molecule has 1 rings (SSSR count). The van der Waals surface area contributed by atoms with Gasteiger partial charge < -0.3 is 15.7 Å². The molecule has 0 saturated carbocycles. The molecule has 0 bridgehead atoms. The van der Waals surface area contributed by atoms with Crippen molar-refractivity contribution in [3.05, 3.63) is 29.8 Å². The van der Waals surface area contributed by atoms with Crippen molar-refractivity contribution < 1.29 is 14.7 Å². The summed E-state index contributed by atoms with van der Waals surface area (Å²) in [6.45, 7) is 3.76. The van der Waals surface area contributed by atoms with Crippen LogP contribution in [0, 0.1) is 5.92 Å². The van der Waals surface area contributed by atoms with Gasteiger partial charge in [0.1, 0.15) is 0 Å². The quantitative estimate of drug-likeness (QED) is 0.844. The highest BCUT2D eigenvalue weighted by Crippen LogP contribution is 2.16. The third-order valence-corrected chi connectivity index (χ3v) is 2.84. The zero-order chi connectivity index (χ0) is 13.9. The first-order valence-corrected chi connectivity index (χ1v) is 5.71. The summed E-state index contributed by atoms with van der Waals surface area (Å²) in [5.74, 6) is -1.12. The van der Waals surface area contributed by atoms with Crippen molar-refractivity contribution in [2.75, 3.05) is 11.9 Å². The number of likely N-dealkylation sites (N-methyl/N-ethyl adjacent to an activating group) is 1. The van der Waals surface area contributed by atoms with Crippen LogP contribution in [0.4, 0.5) is 5.69 Å². The van der Waals surface area contributed by atoms with Crippen molar-refractivity contribution in [1.29, 1.82) is 0 Å². The minimum absolute atomic E-state index is 0.0539. The lowest BCUT2D eigenvalue weighted by molar-refractivity contribution is -0.120. The second kappa shape index (κ2) is 5.64. The molecule has 0 saturated heterocycles. The molecule has 0 heterocycles. The maximum atomic E-state index is 12.0. The van der Waals surface area contributed by atoms with Gasteiger partial charge in [0.25, 0.3) is 0 Å². The monoisotopic (exact) mass is 250 g/mol. The Balaban J connectivity index is 2.87. The summed E-state index contributed by atoms with van der Waals surface area (Å²) in [5.41, 5.74) is 6.60. The summed E-state index contributed by atoms with van der Waals surface area (Å²) in [4.78, 5) is 24.1. The maximum Gasteiger partial charge on any atom is 0.335 e. The summed E-state index contributed by atoms with van der Waals surface area (Å²) < 4.78 is 0. The van der Waals surface area contributed by atoms with Crippen LogP contribution in [0.5, 0.6) is 0 Å². The van der Waals surface area contributed by atoms with E-state index in [-0.39, 0.29) is 17.4 Å². The highest BCUT2D eigenvalue weighted by atomic mass is 16.4. The van der Waals surface area contributed by atoms with Crippen molar-refractivity contribution in [2.45, 2.75) is 19.9 Å². The molecule has 0 aliphatic heterocycles. The lowest BCUT2D eigenvalue weighted by Crippen LogP contribution is -2.45. The number of amides is 1. The van der Waals surface area contributed by atoms with E-state index in [1.807, 2.05) is 13.8 Å². The number of carboxylic acid groups (broad SMARTS) is 1. The van der Waals surface area contributed by atoms with Crippen LogP contribution in [0.2, 0.25) is 0 Å². The van der Waals surface area contributed by atoms with Crippen molar-refractivity contribution >= 4 is 17.6 Å². The number of aromatic carboxylic acids is 1. The van der Waals surface area contributed by atoms with E-state index in [1.165, 1.54) is 17.0 Å². The fourth-order valence-corrected chi connectivity index (χ4v) is 1.46. The first kappa shape index (κ1) is 14.2. The van der Waals surface area contributed by atoms with Crippen molar-refractivity contribution in [3.8, 4) is 0 Å². The largest absolute Gasteiger partial charge is 0.478 e. The van der Waals surface area contributed by atoms with Gasteiger partial charge in [0.15, 0.2) is 0 Å². The Kier molecular flexibility index (Phi) is 4.44. The average Bonchev–Trinajstić information content (AvgIpc) is 2.36. The van der Waals surface area contributed by atoms with Crippen molar-refractivity contribution in [3.63, 3.8) is 0 Å². The van der Waals surface area contributed by atoms with Gasteiger partial charge in [0, 0.05) is 12.7 Å². The molecule has 1 amide bonds. The fourth-order valence-electron chi connectivity index (χ4n) is 1.46. The summed E-state index contributed by atoms with van der Waals surface area (Å²) in [6.07, 6.45) is 0. The van der Waals surface area contributed by atoms with Gasteiger partial charge in [-0.25, -0.2) is 4.79 Å². The van der Waals surface area contributed by atoms with E-state index in [1.54, 1.807) is 19.2 Å². The van der Waals surface area contributed by atoms with Crippen molar-refractivity contribution in [1.82, 2.24) is 0 Å². The van der Waals surface area contributed by atoms with Gasteiger partial charge in [-0.15, -0.1) is 0 Å². The van der Waals surface area contributed by atoms with E-state index >= 15 is 0 Å². The molecule has 98 valence electrons. The van der Waals surface area contributed by atoms with Gasteiger partial charge in [-0.1, -0.05) is 13.8 Å². The van der Waals surface area contributed by atoms with Crippen LogP contribution < -0.4 is 10.6 Å². The molecule has 5 heteroatoms. The maximum absolute atomic E-state index is 12.0. The van der Waals surface area contributed by atoms with Gasteiger partial charge in [-0.05, 0) is 30.2 Å². The molecular formula is C13H18N2O3. The Labute approximate surface area is 106 Å². The molecule has 18 heavy (non-hydrogen) atoms. The van der Waals surface area contributed by atoms with E-state index in [0.29, 0.717) is 5.69 Å². The normalized spacial score (nSPS) is 12.3. The van der Waals surface area contributed by atoms with Crippen molar-refractivity contribution in [2.24, 2.45) is 11.7 Å². The molecule has 1 aromatic carbocycles. The summed E-state index contributed by atoms with van der Waals surface area (Å²) >= 11 is 0. The molecule has 1 unspecified atom stereocenters. The predicted octanol–water partition coefficient (Wildman–Crippen LogP) is 1.33. The summed E-state index contributed by atoms with van der Waals surface area (Å²) in [6, 6.07) is 5.54. The average molecular weight is 250 g/mol. The predicted molar refractivity (Wildman–Crippen MR) is 69.6 cm³/mol. The number of carbonyl (C=O) groups excluding carboxylic acids is 1. The zero-order valence-corrected chi connectivity index (χ0v) is 10.8. The number of carboxylic acids is 1. The number of anilines is 1. The van der Waals surface area contributed by atoms with Crippen LogP contribution in [-0.2, 0) is 4.79 Å². The van der Waals surface area contributed by atoms with Crippen LogP contribution in [0.3, 0.4) is 0 Å². The van der Waals surface area contributed by atoms with E-state index in [0.717, 1.165) is 0 Å². The Hall–Kier alpha value is -1.88. The zero-order valence-electron chi connectivity index (χ0n) is 10.8. The lowest BCUT2D eigenvalue weighted by Gasteiger charge is -2.23. The van der Waals surface area contributed by atoms with E-state index < -0.39 is 12.0 Å². The van der Waals surface area contributed by atoms with Gasteiger partial charge in [-0.3, -0.25) is 4.79 Å². The molecule has 1 atom stereocenters. The van der Waals surface area contributed by atoms with E-state index in [9.17, 15) is 9.59 Å². The van der Waals surface area contributed by atoms with Crippen LogP contribution >= 0.6 is 0 Å². The topological polar surface area (TPSA) is 83.6 Å². The third kappa shape index (κ3) is 3.07. The SMILES string of the molecule is CC(C)C(N)C(=O)N(C)c1ccc(C(=O)O)cc1.